The third-order valence-corrected chi connectivity index (χ3v) is 5.00. The molecular formula is C21H22N2O6. The summed E-state index contributed by atoms with van der Waals surface area (Å²) in [7, 11) is 0. The van der Waals surface area contributed by atoms with Crippen LogP contribution in [0.4, 0.5) is 5.69 Å². The molecule has 0 unspecified atom stereocenters. The van der Waals surface area contributed by atoms with Gasteiger partial charge in [-0.25, -0.2) is 4.79 Å². The molecule has 1 heterocycles. The van der Waals surface area contributed by atoms with Crippen molar-refractivity contribution >= 4 is 17.6 Å². The van der Waals surface area contributed by atoms with Crippen LogP contribution in [0.3, 0.4) is 0 Å². The summed E-state index contributed by atoms with van der Waals surface area (Å²) in [6.07, 6.45) is 1.95. The van der Waals surface area contributed by atoms with Gasteiger partial charge in [0.05, 0.1) is 10.5 Å². The fourth-order valence-corrected chi connectivity index (χ4v) is 3.41. The van der Waals surface area contributed by atoms with E-state index in [1.165, 1.54) is 12.1 Å². The molecule has 0 spiro atoms. The lowest BCUT2D eigenvalue weighted by Gasteiger charge is -2.32. The number of hydrogen-bond donors (Lipinski definition) is 1. The van der Waals surface area contributed by atoms with Crippen LogP contribution in [0.5, 0.6) is 5.75 Å². The number of benzene rings is 2. The average Bonchev–Trinajstić information content (AvgIpc) is 2.73. The SMILES string of the molecule is O=C(O)c1ccccc1CCC(=O)N1CCC(Oc2ccc([N+](=O)[O-])cc2)CC1. The number of carbonyl (C=O) groups is 2. The number of carbonyl (C=O) groups excluding carboxylic acids is 1. The van der Waals surface area contributed by atoms with E-state index < -0.39 is 10.9 Å². The van der Waals surface area contributed by atoms with Crippen molar-refractivity contribution in [3.8, 4) is 5.75 Å². The van der Waals surface area contributed by atoms with Crippen LogP contribution in [0.1, 0.15) is 35.2 Å². The smallest absolute Gasteiger partial charge is 0.335 e. The maximum Gasteiger partial charge on any atom is 0.335 e. The summed E-state index contributed by atoms with van der Waals surface area (Å²) in [5.41, 5.74) is 0.905. The molecule has 8 nitrogen and oxygen atoms in total. The van der Waals surface area contributed by atoms with Gasteiger partial charge in [-0.1, -0.05) is 18.2 Å². The van der Waals surface area contributed by atoms with E-state index in [1.807, 2.05) is 0 Å². The Labute approximate surface area is 167 Å². The molecule has 0 radical (unpaired) electrons. The minimum absolute atomic E-state index is 0.000947. The van der Waals surface area contributed by atoms with Gasteiger partial charge < -0.3 is 14.7 Å². The van der Waals surface area contributed by atoms with Gasteiger partial charge in [0, 0.05) is 44.5 Å². The first-order valence-electron chi connectivity index (χ1n) is 9.44. The number of rotatable bonds is 7. The van der Waals surface area contributed by atoms with Crippen molar-refractivity contribution in [2.45, 2.75) is 31.8 Å². The zero-order chi connectivity index (χ0) is 20.8. The first-order valence-corrected chi connectivity index (χ1v) is 9.44. The van der Waals surface area contributed by atoms with Crippen LogP contribution < -0.4 is 4.74 Å². The molecule has 2 aromatic carbocycles. The molecule has 1 aliphatic rings. The third-order valence-electron chi connectivity index (χ3n) is 5.00. The van der Waals surface area contributed by atoms with Gasteiger partial charge in [0.25, 0.3) is 5.69 Å². The number of nitrogens with zero attached hydrogens (tertiary/aromatic N) is 2. The number of aromatic carboxylic acids is 1. The van der Waals surface area contributed by atoms with E-state index in [0.717, 1.165) is 0 Å². The molecule has 3 rings (SSSR count). The van der Waals surface area contributed by atoms with Crippen molar-refractivity contribution in [1.29, 1.82) is 0 Å². The molecule has 2 aromatic rings. The molecule has 0 aromatic heterocycles. The molecule has 152 valence electrons. The van der Waals surface area contributed by atoms with Crippen LogP contribution >= 0.6 is 0 Å². The fourth-order valence-electron chi connectivity index (χ4n) is 3.41. The maximum atomic E-state index is 12.5. The number of piperidine rings is 1. The Morgan fingerprint density at radius 3 is 2.38 bits per heavy atom. The average molecular weight is 398 g/mol. The summed E-state index contributed by atoms with van der Waals surface area (Å²) >= 11 is 0. The number of amides is 1. The highest BCUT2D eigenvalue weighted by Gasteiger charge is 2.24. The van der Waals surface area contributed by atoms with E-state index >= 15 is 0 Å². The number of nitro benzene ring substituents is 1. The van der Waals surface area contributed by atoms with Gasteiger partial charge in [-0.15, -0.1) is 0 Å². The molecule has 0 saturated carbocycles. The zero-order valence-electron chi connectivity index (χ0n) is 15.8. The first kappa shape index (κ1) is 20.3. The van der Waals surface area contributed by atoms with Crippen molar-refractivity contribution in [3.05, 3.63) is 69.8 Å². The van der Waals surface area contributed by atoms with E-state index in [9.17, 15) is 24.8 Å². The second-order valence-electron chi connectivity index (χ2n) is 6.91. The van der Waals surface area contributed by atoms with Crippen LogP contribution in [-0.4, -0.2) is 46.0 Å². The van der Waals surface area contributed by atoms with Gasteiger partial charge >= 0.3 is 5.97 Å². The minimum atomic E-state index is -0.989. The monoisotopic (exact) mass is 398 g/mol. The number of hydrogen-bond acceptors (Lipinski definition) is 5. The number of carboxylic acid groups (broad SMARTS) is 1. The van der Waals surface area contributed by atoms with E-state index in [2.05, 4.69) is 0 Å². The topological polar surface area (TPSA) is 110 Å². The molecule has 29 heavy (non-hydrogen) atoms. The first-order chi connectivity index (χ1) is 13.9. The molecule has 1 amide bonds. The normalized spacial score (nSPS) is 14.4. The van der Waals surface area contributed by atoms with Crippen molar-refractivity contribution in [3.63, 3.8) is 0 Å². The van der Waals surface area contributed by atoms with E-state index in [-0.39, 0.29) is 29.7 Å². The maximum absolute atomic E-state index is 12.5. The molecule has 1 fully saturated rings. The Morgan fingerprint density at radius 1 is 1.10 bits per heavy atom. The van der Waals surface area contributed by atoms with E-state index in [1.54, 1.807) is 41.3 Å². The van der Waals surface area contributed by atoms with Crippen molar-refractivity contribution in [1.82, 2.24) is 4.90 Å². The minimum Gasteiger partial charge on any atom is -0.490 e. The number of likely N-dealkylation sites (tertiary alicyclic amines) is 1. The number of ether oxygens (including phenoxy) is 1. The van der Waals surface area contributed by atoms with Gasteiger partial charge in [0.2, 0.25) is 5.91 Å². The summed E-state index contributed by atoms with van der Waals surface area (Å²) in [6.45, 7) is 1.13. The van der Waals surface area contributed by atoms with Crippen molar-refractivity contribution in [2.75, 3.05) is 13.1 Å². The van der Waals surface area contributed by atoms with Crippen molar-refractivity contribution < 1.29 is 24.4 Å². The molecule has 1 saturated heterocycles. The Morgan fingerprint density at radius 2 is 1.76 bits per heavy atom. The quantitative estimate of drug-likeness (QED) is 0.566. The Bertz CT molecular complexity index is 888. The molecule has 1 N–H and O–H groups in total. The predicted octanol–water partition coefficient (Wildman–Crippen LogP) is 3.30. The fraction of sp³-hybridized carbons (Fsp3) is 0.333. The molecule has 0 bridgehead atoms. The van der Waals surface area contributed by atoms with Crippen molar-refractivity contribution in [2.24, 2.45) is 0 Å². The molecule has 0 atom stereocenters. The van der Waals surface area contributed by atoms with Crippen LogP contribution in [0.15, 0.2) is 48.5 Å². The van der Waals surface area contributed by atoms with Gasteiger partial charge in [-0.2, -0.15) is 0 Å². The van der Waals surface area contributed by atoms with E-state index in [0.29, 0.717) is 43.7 Å². The van der Waals surface area contributed by atoms with E-state index in [4.69, 9.17) is 4.74 Å². The standard InChI is InChI=1S/C21H22N2O6/c24-20(10-5-15-3-1-2-4-19(15)21(25)26)22-13-11-18(12-14-22)29-17-8-6-16(7-9-17)23(27)28/h1-4,6-9,18H,5,10-14H2,(H,25,26). The third kappa shape index (κ3) is 5.31. The highest BCUT2D eigenvalue weighted by molar-refractivity contribution is 5.89. The largest absolute Gasteiger partial charge is 0.490 e. The van der Waals surface area contributed by atoms with Crippen LogP contribution in [0.25, 0.3) is 0 Å². The highest BCUT2D eigenvalue weighted by atomic mass is 16.6. The predicted molar refractivity (Wildman–Crippen MR) is 105 cm³/mol. The summed E-state index contributed by atoms with van der Waals surface area (Å²) in [4.78, 5) is 35.8. The summed E-state index contributed by atoms with van der Waals surface area (Å²) in [6, 6.07) is 12.7. The molecule has 0 aliphatic carbocycles. The Kier molecular flexibility index (Phi) is 6.43. The summed E-state index contributed by atoms with van der Waals surface area (Å²) < 4.78 is 5.86. The number of nitro groups is 1. The summed E-state index contributed by atoms with van der Waals surface area (Å²) in [5.74, 6) is -0.415. The lowest BCUT2D eigenvalue weighted by Crippen LogP contribution is -2.41. The van der Waals surface area contributed by atoms with Gasteiger partial charge in [-0.05, 0) is 30.2 Å². The molecule has 1 aliphatic heterocycles. The van der Waals surface area contributed by atoms with Gasteiger partial charge in [-0.3, -0.25) is 14.9 Å². The van der Waals surface area contributed by atoms with Gasteiger partial charge in [0.1, 0.15) is 11.9 Å². The van der Waals surface area contributed by atoms with Crippen LogP contribution in [0.2, 0.25) is 0 Å². The zero-order valence-corrected chi connectivity index (χ0v) is 15.8. The lowest BCUT2D eigenvalue weighted by molar-refractivity contribution is -0.384. The molecule has 8 heteroatoms. The van der Waals surface area contributed by atoms with Crippen LogP contribution in [0, 0.1) is 10.1 Å². The van der Waals surface area contributed by atoms with Crippen LogP contribution in [-0.2, 0) is 11.2 Å². The number of non-ortho nitro benzene ring substituents is 1. The Balaban J connectivity index is 1.47. The number of carboxylic acids is 1. The lowest BCUT2D eigenvalue weighted by atomic mass is 10.0. The second kappa shape index (κ2) is 9.18. The number of aryl methyl sites for hydroxylation is 1. The molecular weight excluding hydrogens is 376 g/mol. The Hall–Kier alpha value is -3.42. The summed E-state index contributed by atoms with van der Waals surface area (Å²) in [5, 5.41) is 19.9. The van der Waals surface area contributed by atoms with Gasteiger partial charge in [0.15, 0.2) is 0 Å². The second-order valence-corrected chi connectivity index (χ2v) is 6.91. The highest BCUT2D eigenvalue weighted by Crippen LogP contribution is 2.22.